The van der Waals surface area contributed by atoms with Crippen molar-refractivity contribution in [1.29, 1.82) is 0 Å². The lowest BCUT2D eigenvalue weighted by Gasteiger charge is -2.10. The Labute approximate surface area is 182 Å². The van der Waals surface area contributed by atoms with Crippen LogP contribution in [0.25, 0.3) is 11.5 Å². The largest absolute Gasteiger partial charge is 0.490 e. The van der Waals surface area contributed by atoms with Crippen molar-refractivity contribution < 1.29 is 50.2 Å². The molecule has 2 heterocycles. The van der Waals surface area contributed by atoms with Crippen LogP contribution in [-0.2, 0) is 15.7 Å². The number of carboxylic acid groups (broad SMARTS) is 1. The molecule has 0 radical (unpaired) electrons. The second kappa shape index (κ2) is 10.6. The molecule has 0 spiro atoms. The lowest BCUT2D eigenvalue weighted by atomic mass is 10.1. The third-order valence-electron chi connectivity index (χ3n) is 4.22. The van der Waals surface area contributed by atoms with Crippen LogP contribution in [-0.4, -0.2) is 65.7 Å². The number of amides is 1. The van der Waals surface area contributed by atoms with Crippen molar-refractivity contribution in [2.45, 2.75) is 30.9 Å². The number of carboxylic acids is 1. The summed E-state index contributed by atoms with van der Waals surface area (Å²) in [5.74, 6) is -3.77. The topological polar surface area (TPSA) is 127 Å². The molecule has 3 rings (SSSR count). The fourth-order valence-electron chi connectivity index (χ4n) is 2.76. The van der Waals surface area contributed by atoms with Crippen molar-refractivity contribution in [1.82, 2.24) is 20.8 Å². The Balaban J connectivity index is 0.000000479. The first kappa shape index (κ1) is 26.1. The van der Waals surface area contributed by atoms with Gasteiger partial charge in [0.25, 0.3) is 0 Å². The average Bonchev–Trinajstić information content (AvgIpc) is 3.37. The van der Waals surface area contributed by atoms with Crippen molar-refractivity contribution in [3.63, 3.8) is 0 Å². The summed E-state index contributed by atoms with van der Waals surface area (Å²) in [5.41, 5.74) is -0.741. The van der Waals surface area contributed by atoms with Crippen LogP contribution in [0.1, 0.15) is 22.7 Å². The van der Waals surface area contributed by atoms with E-state index in [2.05, 4.69) is 20.8 Å². The lowest BCUT2D eigenvalue weighted by molar-refractivity contribution is -0.192. The number of hydrogen-bond acceptors (Lipinski definition) is 7. The molecule has 0 bridgehead atoms. The predicted molar refractivity (Wildman–Crippen MR) is 98.0 cm³/mol. The van der Waals surface area contributed by atoms with Crippen LogP contribution in [0.2, 0.25) is 0 Å². The maximum atomic E-state index is 12.8. The van der Waals surface area contributed by atoms with Gasteiger partial charge in [-0.15, -0.1) is 10.2 Å². The number of carbonyl (C=O) groups excluding carboxylic acids is 1. The summed E-state index contributed by atoms with van der Waals surface area (Å²) in [6.45, 7) is 1.11. The molecule has 2 aromatic rings. The molecular weight excluding hydrogens is 466 g/mol. The zero-order valence-corrected chi connectivity index (χ0v) is 16.8. The third-order valence-corrected chi connectivity index (χ3v) is 4.22. The summed E-state index contributed by atoms with van der Waals surface area (Å²) in [6, 6.07) is 4.51. The fourth-order valence-corrected chi connectivity index (χ4v) is 2.76. The first-order valence-corrected chi connectivity index (χ1v) is 9.15. The Morgan fingerprint density at radius 3 is 2.48 bits per heavy atom. The molecule has 0 aliphatic carbocycles. The maximum absolute atomic E-state index is 12.8. The highest BCUT2D eigenvalue weighted by molar-refractivity contribution is 5.90. The average molecular weight is 484 g/mol. The summed E-state index contributed by atoms with van der Waals surface area (Å²) < 4.78 is 80.4. The summed E-state index contributed by atoms with van der Waals surface area (Å²) in [5, 5.41) is 20.4. The number of aliphatic carboxylic acids is 1. The highest BCUT2D eigenvalue weighted by Crippen LogP contribution is 2.31. The van der Waals surface area contributed by atoms with Gasteiger partial charge >= 0.3 is 30.1 Å². The minimum absolute atomic E-state index is 0.0917. The molecule has 1 aliphatic rings. The Morgan fingerprint density at radius 1 is 1.24 bits per heavy atom. The Hall–Kier alpha value is -3.20. The van der Waals surface area contributed by atoms with E-state index in [1.54, 1.807) is 7.11 Å². The molecule has 1 aromatic heterocycles. The molecule has 182 valence electrons. The Kier molecular flexibility index (Phi) is 8.38. The van der Waals surface area contributed by atoms with Gasteiger partial charge in [0.05, 0.1) is 12.2 Å². The van der Waals surface area contributed by atoms with E-state index in [1.165, 1.54) is 12.1 Å². The maximum Gasteiger partial charge on any atom is 0.490 e. The van der Waals surface area contributed by atoms with E-state index in [-0.39, 0.29) is 29.4 Å². The monoisotopic (exact) mass is 484 g/mol. The number of ether oxygens (including phenoxy) is 1. The van der Waals surface area contributed by atoms with E-state index in [9.17, 15) is 31.1 Å². The number of alkyl halides is 6. The third kappa shape index (κ3) is 7.71. The highest BCUT2D eigenvalue weighted by atomic mass is 19.4. The molecule has 1 amide bonds. The van der Waals surface area contributed by atoms with Crippen LogP contribution >= 0.6 is 0 Å². The molecule has 0 unspecified atom stereocenters. The Morgan fingerprint density at radius 2 is 1.91 bits per heavy atom. The van der Waals surface area contributed by atoms with Crippen molar-refractivity contribution >= 4 is 11.9 Å². The second-order valence-electron chi connectivity index (χ2n) is 6.76. The van der Waals surface area contributed by atoms with E-state index in [4.69, 9.17) is 19.1 Å². The number of nitrogens with zero attached hydrogens (tertiary/aromatic N) is 2. The summed E-state index contributed by atoms with van der Waals surface area (Å²) in [7, 11) is 1.60. The molecule has 15 heteroatoms. The number of carbonyl (C=O) groups is 2. The standard InChI is InChI=1S/C16H17F3N4O3.C2HF3O2/c1-25-8-12-6-11(7-20-12)21-13(24)15-23-22-14(26-15)9-3-2-4-10(5-9)16(17,18)19;3-2(4,5)1(6)7/h2-5,11-12,20H,6-8H2,1H3,(H,21,24);(H,6,7)/t11-,12+;/m1./s1. The van der Waals surface area contributed by atoms with Gasteiger partial charge in [-0.3, -0.25) is 4.79 Å². The molecular formula is C18H18F6N4O5. The number of halogens is 6. The van der Waals surface area contributed by atoms with E-state index < -0.39 is 29.8 Å². The smallest absolute Gasteiger partial charge is 0.475 e. The molecule has 1 saturated heterocycles. The van der Waals surface area contributed by atoms with E-state index in [0.29, 0.717) is 19.6 Å². The minimum atomic E-state index is -5.08. The molecule has 0 saturated carbocycles. The molecule has 1 fully saturated rings. The molecule has 9 nitrogen and oxygen atoms in total. The predicted octanol–water partition coefficient (Wildman–Crippen LogP) is 2.50. The lowest BCUT2D eigenvalue weighted by Crippen LogP contribution is -2.36. The summed E-state index contributed by atoms with van der Waals surface area (Å²) in [6.07, 6.45) is -8.88. The van der Waals surface area contributed by atoms with Crippen LogP contribution in [0.3, 0.4) is 0 Å². The number of rotatable bonds is 5. The van der Waals surface area contributed by atoms with Crippen LogP contribution in [0.5, 0.6) is 0 Å². The fraction of sp³-hybridized carbons (Fsp3) is 0.444. The molecule has 1 aliphatic heterocycles. The number of benzene rings is 1. The van der Waals surface area contributed by atoms with Crippen LogP contribution in [0.15, 0.2) is 28.7 Å². The van der Waals surface area contributed by atoms with Crippen LogP contribution in [0.4, 0.5) is 26.3 Å². The van der Waals surface area contributed by atoms with Gasteiger partial charge in [-0.1, -0.05) is 6.07 Å². The zero-order chi connectivity index (χ0) is 24.8. The van der Waals surface area contributed by atoms with Crippen molar-refractivity contribution in [3.8, 4) is 11.5 Å². The molecule has 2 atom stereocenters. The van der Waals surface area contributed by atoms with Gasteiger partial charge < -0.3 is 24.9 Å². The number of nitrogens with one attached hydrogen (secondary N) is 2. The van der Waals surface area contributed by atoms with Crippen molar-refractivity contribution in [2.75, 3.05) is 20.3 Å². The normalized spacial score (nSPS) is 18.4. The highest BCUT2D eigenvalue weighted by Gasteiger charge is 2.38. The number of aromatic nitrogens is 2. The number of methoxy groups -OCH3 is 1. The van der Waals surface area contributed by atoms with Gasteiger partial charge in [-0.05, 0) is 24.6 Å². The Bertz CT molecular complexity index is 962. The SMILES string of the molecule is COC[C@@H]1C[C@@H](NC(=O)c2nnc(-c3cccc(C(F)(F)F)c3)o2)CN1.O=C(O)C(F)(F)F. The minimum Gasteiger partial charge on any atom is -0.475 e. The summed E-state index contributed by atoms with van der Waals surface area (Å²) in [4.78, 5) is 21.1. The van der Waals surface area contributed by atoms with Gasteiger partial charge in [0.1, 0.15) is 0 Å². The van der Waals surface area contributed by atoms with Gasteiger partial charge in [0.15, 0.2) is 0 Å². The van der Waals surface area contributed by atoms with Gasteiger partial charge in [0, 0.05) is 31.3 Å². The second-order valence-corrected chi connectivity index (χ2v) is 6.76. The van der Waals surface area contributed by atoms with Crippen LogP contribution in [0, 0.1) is 0 Å². The van der Waals surface area contributed by atoms with Gasteiger partial charge in [0.2, 0.25) is 5.89 Å². The van der Waals surface area contributed by atoms with Crippen molar-refractivity contribution in [2.24, 2.45) is 0 Å². The van der Waals surface area contributed by atoms with E-state index in [0.717, 1.165) is 12.1 Å². The van der Waals surface area contributed by atoms with Gasteiger partial charge in [-0.2, -0.15) is 26.3 Å². The quantitative estimate of drug-likeness (QED) is 0.553. The van der Waals surface area contributed by atoms with Crippen molar-refractivity contribution in [3.05, 3.63) is 35.7 Å². The number of hydrogen-bond donors (Lipinski definition) is 3. The first-order valence-electron chi connectivity index (χ1n) is 9.15. The van der Waals surface area contributed by atoms with Crippen LogP contribution < -0.4 is 10.6 Å². The molecule has 3 N–H and O–H groups in total. The summed E-state index contributed by atoms with van der Waals surface area (Å²) >= 11 is 0. The van der Waals surface area contributed by atoms with E-state index in [1.807, 2.05) is 0 Å². The van der Waals surface area contributed by atoms with Gasteiger partial charge in [-0.25, -0.2) is 4.79 Å². The molecule has 1 aromatic carbocycles. The first-order chi connectivity index (χ1) is 15.3. The molecule has 33 heavy (non-hydrogen) atoms. The van der Waals surface area contributed by atoms with E-state index >= 15 is 0 Å². The zero-order valence-electron chi connectivity index (χ0n) is 16.8.